The lowest BCUT2D eigenvalue weighted by Crippen LogP contribution is -2.29. The Kier molecular flexibility index (Phi) is 7.70. The van der Waals surface area contributed by atoms with Crippen molar-refractivity contribution in [2.45, 2.75) is 39.7 Å². The molecule has 0 unspecified atom stereocenters. The number of nitrogens with one attached hydrogen (secondary N) is 1. The highest BCUT2D eigenvalue weighted by Crippen LogP contribution is 2.06. The van der Waals surface area contributed by atoms with Crippen molar-refractivity contribution in [1.82, 2.24) is 10.2 Å². The highest BCUT2D eigenvalue weighted by molar-refractivity contribution is 5.21. The van der Waals surface area contributed by atoms with Gasteiger partial charge in [-0.25, -0.2) is 0 Å². The molecule has 0 amide bonds. The van der Waals surface area contributed by atoms with E-state index in [0.717, 1.165) is 26.2 Å². The molecule has 0 saturated carbocycles. The first kappa shape index (κ1) is 15.2. The van der Waals surface area contributed by atoms with E-state index < -0.39 is 0 Å². The highest BCUT2D eigenvalue weighted by atomic mass is 15.1. The second-order valence-corrected chi connectivity index (χ2v) is 5.18. The van der Waals surface area contributed by atoms with Crippen LogP contribution in [0.3, 0.4) is 0 Å². The van der Waals surface area contributed by atoms with E-state index in [1.807, 2.05) is 0 Å². The third-order valence-electron chi connectivity index (χ3n) is 3.16. The Morgan fingerprint density at radius 2 is 2.00 bits per heavy atom. The molecule has 0 saturated heterocycles. The molecule has 0 aromatic heterocycles. The van der Waals surface area contributed by atoms with Crippen LogP contribution in [0.4, 0.5) is 0 Å². The molecule has 1 N–H and O–H groups in total. The lowest BCUT2D eigenvalue weighted by Gasteiger charge is -2.17. The second kappa shape index (κ2) is 9.12. The quantitative estimate of drug-likeness (QED) is 0.675. The summed E-state index contributed by atoms with van der Waals surface area (Å²) in [5, 5.41) is 3.51. The maximum Gasteiger partial charge on any atom is 0.0231 e. The Bertz CT molecular complexity index is 323. The molecule has 102 valence electrons. The Balaban J connectivity index is 2.12. The normalized spacial score (nSPS) is 11.1. The highest BCUT2D eigenvalue weighted by Gasteiger charge is 2.00. The van der Waals surface area contributed by atoms with E-state index >= 15 is 0 Å². The Morgan fingerprint density at radius 3 is 2.72 bits per heavy atom. The van der Waals surface area contributed by atoms with Crippen LogP contribution in [-0.2, 0) is 6.54 Å². The van der Waals surface area contributed by atoms with Crippen molar-refractivity contribution in [3.05, 3.63) is 35.4 Å². The van der Waals surface area contributed by atoms with Gasteiger partial charge in [0.15, 0.2) is 0 Å². The van der Waals surface area contributed by atoms with E-state index in [2.05, 4.69) is 55.4 Å². The van der Waals surface area contributed by atoms with Gasteiger partial charge in [0.2, 0.25) is 0 Å². The van der Waals surface area contributed by atoms with Crippen molar-refractivity contribution in [3.8, 4) is 0 Å². The maximum absolute atomic E-state index is 3.51. The summed E-state index contributed by atoms with van der Waals surface area (Å²) in [4.78, 5) is 2.38. The van der Waals surface area contributed by atoms with Gasteiger partial charge in [0.05, 0.1) is 0 Å². The first-order valence-corrected chi connectivity index (χ1v) is 7.17. The van der Waals surface area contributed by atoms with Crippen LogP contribution < -0.4 is 5.32 Å². The summed E-state index contributed by atoms with van der Waals surface area (Å²) in [6, 6.07) is 8.77. The van der Waals surface area contributed by atoms with Crippen molar-refractivity contribution in [3.63, 3.8) is 0 Å². The molecule has 0 aliphatic rings. The lowest BCUT2D eigenvalue weighted by molar-refractivity contribution is 0.324. The average molecular weight is 248 g/mol. The van der Waals surface area contributed by atoms with Gasteiger partial charge < -0.3 is 10.2 Å². The van der Waals surface area contributed by atoms with E-state index in [0.29, 0.717) is 0 Å². The largest absolute Gasteiger partial charge is 0.315 e. The monoisotopic (exact) mass is 248 g/mol. The van der Waals surface area contributed by atoms with Crippen LogP contribution >= 0.6 is 0 Å². The van der Waals surface area contributed by atoms with Gasteiger partial charge in [-0.2, -0.15) is 0 Å². The molecule has 2 nitrogen and oxygen atoms in total. The minimum Gasteiger partial charge on any atom is -0.315 e. The number of hydrogen-bond acceptors (Lipinski definition) is 2. The zero-order valence-corrected chi connectivity index (χ0v) is 12.2. The predicted octanol–water partition coefficient (Wildman–Crippen LogP) is 3.21. The maximum atomic E-state index is 3.51. The Labute approximate surface area is 112 Å². The van der Waals surface area contributed by atoms with E-state index in [9.17, 15) is 0 Å². The number of likely N-dealkylation sites (N-methyl/N-ethyl adjacent to an activating group) is 1. The fourth-order valence-corrected chi connectivity index (χ4v) is 2.10. The van der Waals surface area contributed by atoms with E-state index in [1.54, 1.807) is 0 Å². The number of hydrogen-bond donors (Lipinski definition) is 1. The standard InChI is InChI=1S/C16H28N2/c1-4-5-6-10-17-11-12-18(3)14-16-9-7-8-15(2)13-16/h7-9,13,17H,4-6,10-12,14H2,1-3H3. The molecule has 0 heterocycles. The topological polar surface area (TPSA) is 15.3 Å². The van der Waals surface area contributed by atoms with Crippen LogP contribution in [0.25, 0.3) is 0 Å². The van der Waals surface area contributed by atoms with E-state index in [4.69, 9.17) is 0 Å². The molecule has 0 spiro atoms. The van der Waals surface area contributed by atoms with Crippen molar-refractivity contribution in [1.29, 1.82) is 0 Å². The first-order valence-electron chi connectivity index (χ1n) is 7.17. The van der Waals surface area contributed by atoms with Crippen molar-refractivity contribution in [2.75, 3.05) is 26.7 Å². The number of benzene rings is 1. The van der Waals surface area contributed by atoms with Gasteiger partial charge in [-0.3, -0.25) is 0 Å². The molecule has 2 heteroatoms. The Hall–Kier alpha value is -0.860. The van der Waals surface area contributed by atoms with Crippen molar-refractivity contribution < 1.29 is 0 Å². The molecule has 0 aliphatic heterocycles. The van der Waals surface area contributed by atoms with Gasteiger partial charge in [-0.1, -0.05) is 49.6 Å². The molecule has 0 aliphatic carbocycles. The Morgan fingerprint density at radius 1 is 1.17 bits per heavy atom. The van der Waals surface area contributed by atoms with Gasteiger partial charge in [0.25, 0.3) is 0 Å². The fraction of sp³-hybridized carbons (Fsp3) is 0.625. The van der Waals surface area contributed by atoms with Gasteiger partial charge in [-0.05, 0) is 32.5 Å². The van der Waals surface area contributed by atoms with Crippen LogP contribution in [0.1, 0.15) is 37.3 Å². The van der Waals surface area contributed by atoms with Gasteiger partial charge >= 0.3 is 0 Å². The predicted molar refractivity (Wildman–Crippen MR) is 79.9 cm³/mol. The van der Waals surface area contributed by atoms with Gasteiger partial charge in [-0.15, -0.1) is 0 Å². The molecule has 1 rings (SSSR count). The van der Waals surface area contributed by atoms with Crippen LogP contribution in [0.2, 0.25) is 0 Å². The molecular weight excluding hydrogens is 220 g/mol. The zero-order valence-electron chi connectivity index (χ0n) is 12.2. The number of rotatable bonds is 9. The van der Waals surface area contributed by atoms with Crippen LogP contribution in [0.15, 0.2) is 24.3 Å². The smallest absolute Gasteiger partial charge is 0.0231 e. The molecular formula is C16H28N2. The number of nitrogens with zero attached hydrogens (tertiary/aromatic N) is 1. The third kappa shape index (κ3) is 6.77. The van der Waals surface area contributed by atoms with Gasteiger partial charge in [0.1, 0.15) is 0 Å². The van der Waals surface area contributed by atoms with Crippen LogP contribution in [-0.4, -0.2) is 31.6 Å². The summed E-state index contributed by atoms with van der Waals surface area (Å²) in [7, 11) is 2.19. The molecule has 0 fully saturated rings. The SMILES string of the molecule is CCCCCNCCN(C)Cc1cccc(C)c1. The van der Waals surface area contributed by atoms with Gasteiger partial charge in [0, 0.05) is 19.6 Å². The first-order chi connectivity index (χ1) is 8.72. The summed E-state index contributed by atoms with van der Waals surface area (Å²) in [6.45, 7) is 8.80. The summed E-state index contributed by atoms with van der Waals surface area (Å²) >= 11 is 0. The van der Waals surface area contributed by atoms with Crippen LogP contribution in [0.5, 0.6) is 0 Å². The van der Waals surface area contributed by atoms with E-state index in [1.165, 1.54) is 30.4 Å². The number of unbranched alkanes of at least 4 members (excludes halogenated alkanes) is 2. The lowest BCUT2D eigenvalue weighted by atomic mass is 10.1. The minimum atomic E-state index is 1.04. The second-order valence-electron chi connectivity index (χ2n) is 5.18. The zero-order chi connectivity index (χ0) is 13.2. The summed E-state index contributed by atoms with van der Waals surface area (Å²) in [6.07, 6.45) is 3.94. The molecule has 0 bridgehead atoms. The van der Waals surface area contributed by atoms with Crippen LogP contribution in [0, 0.1) is 6.92 Å². The third-order valence-corrected chi connectivity index (χ3v) is 3.16. The summed E-state index contributed by atoms with van der Waals surface area (Å²) in [5.41, 5.74) is 2.75. The van der Waals surface area contributed by atoms with E-state index in [-0.39, 0.29) is 0 Å². The molecule has 0 atom stereocenters. The molecule has 1 aromatic rings. The molecule has 1 aromatic carbocycles. The summed E-state index contributed by atoms with van der Waals surface area (Å²) in [5.74, 6) is 0. The summed E-state index contributed by atoms with van der Waals surface area (Å²) < 4.78 is 0. The minimum absolute atomic E-state index is 1.04. The van der Waals surface area contributed by atoms with Crippen molar-refractivity contribution >= 4 is 0 Å². The molecule has 18 heavy (non-hydrogen) atoms. The average Bonchev–Trinajstić information content (AvgIpc) is 2.33. The fourth-order valence-electron chi connectivity index (χ4n) is 2.10. The van der Waals surface area contributed by atoms with Crippen molar-refractivity contribution in [2.24, 2.45) is 0 Å². The molecule has 0 radical (unpaired) electrons. The number of aryl methyl sites for hydroxylation is 1.